The Kier molecular flexibility index (Phi) is 5.00. The fourth-order valence-corrected chi connectivity index (χ4v) is 1.12. The molecule has 0 aromatic heterocycles. The molecule has 1 aromatic carbocycles. The van der Waals surface area contributed by atoms with Gasteiger partial charge in [-0.15, -0.1) is 0 Å². The summed E-state index contributed by atoms with van der Waals surface area (Å²) in [5, 5.41) is 0. The first-order valence-electron chi connectivity index (χ1n) is 5.29. The smallest absolute Gasteiger partial charge is 0.462 e. The van der Waals surface area contributed by atoms with Gasteiger partial charge in [-0.25, -0.2) is 9.59 Å². The highest BCUT2D eigenvalue weighted by Gasteiger charge is 2.08. The van der Waals surface area contributed by atoms with Crippen LogP contribution in [0.2, 0.25) is 0 Å². The minimum atomic E-state index is -0.767. The summed E-state index contributed by atoms with van der Waals surface area (Å²) in [6.45, 7) is 3.99. The number of benzene rings is 1. The highest BCUT2D eigenvalue weighted by molar-refractivity contribution is 5.89. The van der Waals surface area contributed by atoms with Crippen molar-refractivity contribution in [3.63, 3.8) is 0 Å². The normalized spacial score (nSPS) is 9.53. The van der Waals surface area contributed by atoms with Crippen LogP contribution >= 0.6 is 0 Å². The quantitative estimate of drug-likeness (QED) is 0.595. The minimum absolute atomic E-state index is 0.250. The van der Waals surface area contributed by atoms with Gasteiger partial charge in [0, 0.05) is 0 Å². The summed E-state index contributed by atoms with van der Waals surface area (Å²) in [4.78, 5) is 22.3. The van der Waals surface area contributed by atoms with Crippen molar-refractivity contribution in [1.82, 2.24) is 0 Å². The third-order valence-electron chi connectivity index (χ3n) is 1.83. The van der Waals surface area contributed by atoms with Crippen LogP contribution in [0.1, 0.15) is 24.2 Å². The van der Waals surface area contributed by atoms with Crippen molar-refractivity contribution in [2.24, 2.45) is 0 Å². The van der Waals surface area contributed by atoms with Crippen LogP contribution in [-0.2, 0) is 9.47 Å². The summed E-state index contributed by atoms with van der Waals surface area (Å²) in [5.41, 5.74) is 0.406. The molecule has 0 fully saturated rings. The van der Waals surface area contributed by atoms with E-state index in [9.17, 15) is 9.59 Å². The first kappa shape index (κ1) is 13.0. The van der Waals surface area contributed by atoms with Crippen molar-refractivity contribution in [3.8, 4) is 5.75 Å². The molecule has 0 saturated carbocycles. The van der Waals surface area contributed by atoms with Gasteiger partial charge in [0.15, 0.2) is 0 Å². The van der Waals surface area contributed by atoms with E-state index in [4.69, 9.17) is 9.47 Å². The maximum absolute atomic E-state index is 11.3. The van der Waals surface area contributed by atoms with Crippen molar-refractivity contribution >= 4 is 12.1 Å². The molecule has 5 heteroatoms. The second kappa shape index (κ2) is 6.52. The molecule has 0 N–H and O–H groups in total. The predicted molar refractivity (Wildman–Crippen MR) is 60.0 cm³/mol. The van der Waals surface area contributed by atoms with E-state index in [-0.39, 0.29) is 6.61 Å². The number of carbonyl (C=O) groups excluding carboxylic acids is 2. The molecule has 0 aliphatic heterocycles. The number of hydrogen-bond acceptors (Lipinski definition) is 5. The van der Waals surface area contributed by atoms with Gasteiger partial charge >= 0.3 is 12.1 Å². The van der Waals surface area contributed by atoms with Gasteiger partial charge in [0.2, 0.25) is 0 Å². The molecule has 92 valence electrons. The van der Waals surface area contributed by atoms with Gasteiger partial charge in [0.05, 0.1) is 18.8 Å². The fourth-order valence-electron chi connectivity index (χ4n) is 1.12. The Balaban J connectivity index is 2.61. The molecular weight excluding hydrogens is 224 g/mol. The SMILES string of the molecule is CCOC(=O)Oc1ccc(C(=O)OCC)cc1. The Morgan fingerprint density at radius 1 is 1.00 bits per heavy atom. The average Bonchev–Trinajstić information content (AvgIpc) is 2.30. The lowest BCUT2D eigenvalue weighted by Crippen LogP contribution is -2.10. The molecular formula is C12H14O5. The van der Waals surface area contributed by atoms with Crippen molar-refractivity contribution < 1.29 is 23.8 Å². The van der Waals surface area contributed by atoms with E-state index in [1.54, 1.807) is 13.8 Å². The van der Waals surface area contributed by atoms with Gasteiger partial charge in [-0.05, 0) is 38.1 Å². The standard InChI is InChI=1S/C12H14O5/c1-3-15-11(13)9-5-7-10(8-6-9)17-12(14)16-4-2/h5-8H,3-4H2,1-2H3. The second-order valence-corrected chi connectivity index (χ2v) is 3.03. The topological polar surface area (TPSA) is 61.8 Å². The molecule has 0 unspecified atom stereocenters. The largest absolute Gasteiger partial charge is 0.513 e. The van der Waals surface area contributed by atoms with Gasteiger partial charge < -0.3 is 14.2 Å². The van der Waals surface area contributed by atoms with Gasteiger partial charge in [-0.1, -0.05) is 0 Å². The molecule has 0 aliphatic rings. The van der Waals surface area contributed by atoms with E-state index in [0.29, 0.717) is 17.9 Å². The first-order valence-corrected chi connectivity index (χ1v) is 5.29. The lowest BCUT2D eigenvalue weighted by atomic mass is 10.2. The number of carbonyl (C=O) groups is 2. The summed E-state index contributed by atoms with van der Waals surface area (Å²) < 4.78 is 14.3. The minimum Gasteiger partial charge on any atom is -0.462 e. The summed E-state index contributed by atoms with van der Waals surface area (Å²) in [6.07, 6.45) is -0.767. The average molecular weight is 238 g/mol. The highest BCUT2D eigenvalue weighted by Crippen LogP contribution is 2.13. The number of hydrogen-bond donors (Lipinski definition) is 0. The molecule has 0 atom stereocenters. The molecule has 0 spiro atoms. The van der Waals surface area contributed by atoms with E-state index >= 15 is 0 Å². The second-order valence-electron chi connectivity index (χ2n) is 3.03. The van der Waals surface area contributed by atoms with Crippen LogP contribution in [0, 0.1) is 0 Å². The number of rotatable bonds is 4. The lowest BCUT2D eigenvalue weighted by Gasteiger charge is -2.05. The van der Waals surface area contributed by atoms with E-state index in [1.165, 1.54) is 24.3 Å². The van der Waals surface area contributed by atoms with E-state index in [0.717, 1.165) is 0 Å². The number of ether oxygens (including phenoxy) is 3. The number of esters is 1. The third-order valence-corrected chi connectivity index (χ3v) is 1.83. The van der Waals surface area contributed by atoms with E-state index in [1.807, 2.05) is 0 Å². The molecule has 1 rings (SSSR count). The third kappa shape index (κ3) is 4.14. The Bertz CT molecular complexity index is 382. The van der Waals surface area contributed by atoms with E-state index in [2.05, 4.69) is 4.74 Å². The van der Waals surface area contributed by atoms with Crippen LogP contribution in [0.25, 0.3) is 0 Å². The lowest BCUT2D eigenvalue weighted by molar-refractivity contribution is 0.0526. The van der Waals surface area contributed by atoms with Crippen LogP contribution in [-0.4, -0.2) is 25.3 Å². The van der Waals surface area contributed by atoms with Crippen LogP contribution in [0.5, 0.6) is 5.75 Å². The van der Waals surface area contributed by atoms with Gasteiger partial charge in [-0.2, -0.15) is 0 Å². The molecule has 0 amide bonds. The Morgan fingerprint density at radius 3 is 2.12 bits per heavy atom. The van der Waals surface area contributed by atoms with E-state index < -0.39 is 12.1 Å². The molecule has 0 heterocycles. The monoisotopic (exact) mass is 238 g/mol. The maximum Gasteiger partial charge on any atom is 0.513 e. The predicted octanol–water partition coefficient (Wildman–Crippen LogP) is 2.40. The molecule has 17 heavy (non-hydrogen) atoms. The zero-order chi connectivity index (χ0) is 12.7. The van der Waals surface area contributed by atoms with Crippen LogP contribution in [0.3, 0.4) is 0 Å². The highest BCUT2D eigenvalue weighted by atomic mass is 16.7. The maximum atomic E-state index is 11.3. The summed E-state index contributed by atoms with van der Waals surface area (Å²) in [6, 6.07) is 6.05. The summed E-state index contributed by atoms with van der Waals surface area (Å²) in [7, 11) is 0. The van der Waals surface area contributed by atoms with Gasteiger partial charge in [0.25, 0.3) is 0 Å². The Labute approximate surface area is 99.3 Å². The molecule has 0 saturated heterocycles. The zero-order valence-electron chi connectivity index (χ0n) is 9.76. The summed E-state index contributed by atoms with van der Waals surface area (Å²) >= 11 is 0. The molecule has 0 aliphatic carbocycles. The summed E-state index contributed by atoms with van der Waals surface area (Å²) in [5.74, 6) is -0.0910. The zero-order valence-corrected chi connectivity index (χ0v) is 9.76. The van der Waals surface area contributed by atoms with Gasteiger partial charge in [-0.3, -0.25) is 0 Å². The Morgan fingerprint density at radius 2 is 1.59 bits per heavy atom. The first-order chi connectivity index (χ1) is 8.17. The molecule has 1 aromatic rings. The fraction of sp³-hybridized carbons (Fsp3) is 0.333. The van der Waals surface area contributed by atoms with Crippen LogP contribution in [0.15, 0.2) is 24.3 Å². The Hall–Kier alpha value is -2.04. The van der Waals surface area contributed by atoms with Crippen LogP contribution in [0.4, 0.5) is 4.79 Å². The molecule has 0 bridgehead atoms. The van der Waals surface area contributed by atoms with Crippen molar-refractivity contribution in [1.29, 1.82) is 0 Å². The van der Waals surface area contributed by atoms with Crippen molar-refractivity contribution in [2.45, 2.75) is 13.8 Å². The van der Waals surface area contributed by atoms with Crippen molar-refractivity contribution in [3.05, 3.63) is 29.8 Å². The van der Waals surface area contributed by atoms with Crippen molar-refractivity contribution in [2.75, 3.05) is 13.2 Å². The van der Waals surface area contributed by atoms with Gasteiger partial charge in [0.1, 0.15) is 5.75 Å². The molecule has 5 nitrogen and oxygen atoms in total. The van der Waals surface area contributed by atoms with Crippen LogP contribution < -0.4 is 4.74 Å². The molecule has 0 radical (unpaired) electrons.